The molecular weight excluding hydrogens is 909 g/mol. The second-order valence-corrected chi connectivity index (χ2v) is 24.0. The molecule has 9 nitrogen and oxygen atoms in total. The summed E-state index contributed by atoms with van der Waals surface area (Å²) in [6.07, 6.45) is 5.89. The standard InChI is InChI=1S/C64H80N2O7/c1-61(2,3)51-33-43-29-44-34-52(62(4,5)6)36-46-31-48-38-54(64(10,11)12)40-50(60(48)73-42-56-18-14-16-20-66-56)32-49-39-53(63(7,8)9)37-47(59(49)72-41-55-17-13-15-19-65-55)30-45(35-51)57(43)70-27-25-68-23-21-67-22-24-69-26-28-71-58(44)46/h13-20,33-40H,21-32,41-42H2,1-12H3. The molecule has 2 aliphatic rings. The molecule has 0 spiro atoms. The van der Waals surface area contributed by atoms with Crippen molar-refractivity contribution in [1.29, 1.82) is 0 Å². The molecule has 10 bridgehead atoms. The molecule has 8 rings (SSSR count). The summed E-state index contributed by atoms with van der Waals surface area (Å²) in [5.74, 6) is 3.42. The zero-order valence-electron chi connectivity index (χ0n) is 45.9. The van der Waals surface area contributed by atoms with Crippen LogP contribution >= 0.6 is 0 Å². The maximum absolute atomic E-state index is 7.18. The van der Waals surface area contributed by atoms with Gasteiger partial charge < -0.3 is 33.2 Å². The highest BCUT2D eigenvalue weighted by atomic mass is 16.6. The molecule has 9 heteroatoms. The van der Waals surface area contributed by atoms with E-state index in [0.29, 0.717) is 91.8 Å². The quantitative estimate of drug-likeness (QED) is 0.162. The van der Waals surface area contributed by atoms with Gasteiger partial charge in [-0.15, -0.1) is 0 Å². The lowest BCUT2D eigenvalue weighted by Crippen LogP contribution is -2.19. The topological polar surface area (TPSA) is 90.4 Å². The van der Waals surface area contributed by atoms with Crippen molar-refractivity contribution in [3.8, 4) is 23.0 Å². The molecule has 0 saturated carbocycles. The highest BCUT2D eigenvalue weighted by molar-refractivity contribution is 5.60. The Morgan fingerprint density at radius 3 is 0.932 bits per heavy atom. The minimum Gasteiger partial charge on any atom is -0.491 e. The Kier molecular flexibility index (Phi) is 16.7. The highest BCUT2D eigenvalue weighted by Crippen LogP contribution is 2.45. The highest BCUT2D eigenvalue weighted by Gasteiger charge is 2.30. The van der Waals surface area contributed by atoms with E-state index < -0.39 is 0 Å². The first-order valence-corrected chi connectivity index (χ1v) is 26.4. The van der Waals surface area contributed by atoms with Crippen molar-refractivity contribution >= 4 is 0 Å². The molecule has 4 aromatic carbocycles. The minimum atomic E-state index is -0.186. The lowest BCUT2D eigenvalue weighted by molar-refractivity contribution is 0.00474. The molecule has 0 fully saturated rings. The third-order valence-corrected chi connectivity index (χ3v) is 13.8. The summed E-state index contributed by atoms with van der Waals surface area (Å²) >= 11 is 0. The Labute approximate surface area is 436 Å². The third kappa shape index (κ3) is 13.9. The summed E-state index contributed by atoms with van der Waals surface area (Å²) < 4.78 is 46.7. The molecule has 0 saturated heterocycles. The molecule has 6 aromatic rings. The Morgan fingerprint density at radius 2 is 0.644 bits per heavy atom. The average Bonchev–Trinajstić information content (AvgIpc) is 3.32. The summed E-state index contributed by atoms with van der Waals surface area (Å²) in [4.78, 5) is 9.43. The van der Waals surface area contributed by atoms with E-state index in [9.17, 15) is 0 Å². The van der Waals surface area contributed by atoms with Crippen LogP contribution < -0.4 is 18.9 Å². The normalized spacial score (nSPS) is 15.5. The van der Waals surface area contributed by atoms with E-state index >= 15 is 0 Å². The van der Waals surface area contributed by atoms with E-state index in [1.807, 2.05) is 48.8 Å². The van der Waals surface area contributed by atoms with Crippen LogP contribution in [0.2, 0.25) is 0 Å². The summed E-state index contributed by atoms with van der Waals surface area (Å²) in [6, 6.07) is 30.9. The van der Waals surface area contributed by atoms with E-state index in [2.05, 4.69) is 132 Å². The molecule has 3 heterocycles. The van der Waals surface area contributed by atoms with Crippen LogP contribution in [0.5, 0.6) is 23.0 Å². The van der Waals surface area contributed by atoms with Gasteiger partial charge in [0.25, 0.3) is 0 Å². The van der Waals surface area contributed by atoms with E-state index in [-0.39, 0.29) is 21.7 Å². The number of ether oxygens (including phenoxy) is 7. The SMILES string of the molecule is CC(C)(C)c1cc2c3c(c1)Cc1cc(C(C)(C)C)cc(c1OCc1ccccn1)Cc1cc(C(C)(C)C)cc(c1OCc1ccccn1)Cc1cc(C(C)(C)C)cc(c1OCCOCCOCCOCCO3)C2. The van der Waals surface area contributed by atoms with Crippen LogP contribution in [0.25, 0.3) is 0 Å². The van der Waals surface area contributed by atoms with Crippen LogP contribution in [-0.4, -0.2) is 62.8 Å². The van der Waals surface area contributed by atoms with Gasteiger partial charge in [-0.1, -0.05) is 144 Å². The first kappa shape index (κ1) is 53.5. The lowest BCUT2D eigenvalue weighted by atomic mass is 9.79. The van der Waals surface area contributed by atoms with Gasteiger partial charge in [0, 0.05) is 38.1 Å². The lowest BCUT2D eigenvalue weighted by Gasteiger charge is -2.29. The van der Waals surface area contributed by atoms with Gasteiger partial charge in [-0.2, -0.15) is 0 Å². The van der Waals surface area contributed by atoms with Gasteiger partial charge in [-0.25, -0.2) is 0 Å². The Bertz CT molecular complexity index is 2620. The number of benzene rings is 4. The van der Waals surface area contributed by atoms with E-state index in [1.165, 1.54) is 22.3 Å². The number of aromatic nitrogens is 2. The number of nitrogens with zero attached hydrogens (tertiary/aromatic N) is 2. The van der Waals surface area contributed by atoms with Gasteiger partial charge in [-0.3, -0.25) is 9.97 Å². The maximum Gasteiger partial charge on any atom is 0.130 e. The smallest absolute Gasteiger partial charge is 0.130 e. The van der Waals surface area contributed by atoms with Gasteiger partial charge in [0.1, 0.15) is 49.4 Å². The van der Waals surface area contributed by atoms with Crippen molar-refractivity contribution in [3.63, 3.8) is 0 Å². The van der Waals surface area contributed by atoms with Gasteiger partial charge in [0.15, 0.2) is 0 Å². The van der Waals surface area contributed by atoms with E-state index in [4.69, 9.17) is 43.1 Å². The van der Waals surface area contributed by atoms with Gasteiger partial charge in [-0.05, 0) is 113 Å². The van der Waals surface area contributed by atoms with Crippen molar-refractivity contribution < 1.29 is 33.2 Å². The van der Waals surface area contributed by atoms with Crippen molar-refractivity contribution in [2.75, 3.05) is 52.9 Å². The second kappa shape index (κ2) is 22.8. The molecule has 0 N–H and O–H groups in total. The molecule has 0 unspecified atom stereocenters. The fourth-order valence-corrected chi connectivity index (χ4v) is 9.57. The fraction of sp³-hybridized carbons (Fsp3) is 0.469. The molecule has 1 aliphatic heterocycles. The van der Waals surface area contributed by atoms with Crippen molar-refractivity contribution in [2.45, 2.75) is 144 Å². The Hall–Kier alpha value is -5.74. The van der Waals surface area contributed by atoms with Crippen LogP contribution in [-0.2, 0) is 74.8 Å². The van der Waals surface area contributed by atoms with Crippen molar-refractivity contribution in [1.82, 2.24) is 9.97 Å². The maximum atomic E-state index is 7.18. The Balaban J connectivity index is 1.47. The van der Waals surface area contributed by atoms with Crippen molar-refractivity contribution in [2.24, 2.45) is 0 Å². The molecule has 1 aliphatic carbocycles. The number of pyridine rings is 2. The fourth-order valence-electron chi connectivity index (χ4n) is 9.57. The number of hydrogen-bond donors (Lipinski definition) is 0. The molecule has 0 amide bonds. The first-order valence-electron chi connectivity index (χ1n) is 26.4. The zero-order valence-corrected chi connectivity index (χ0v) is 45.9. The van der Waals surface area contributed by atoms with Gasteiger partial charge in [0.05, 0.1) is 51.0 Å². The molecule has 73 heavy (non-hydrogen) atoms. The van der Waals surface area contributed by atoms with Crippen LogP contribution in [0, 0.1) is 0 Å². The molecule has 2 aromatic heterocycles. The largest absolute Gasteiger partial charge is 0.491 e. The van der Waals surface area contributed by atoms with E-state index in [1.54, 1.807) is 0 Å². The van der Waals surface area contributed by atoms with Crippen LogP contribution in [0.4, 0.5) is 0 Å². The summed E-state index contributed by atoms with van der Waals surface area (Å²) in [7, 11) is 0. The molecule has 388 valence electrons. The predicted octanol–water partition coefficient (Wildman–Crippen LogP) is 13.3. The van der Waals surface area contributed by atoms with Crippen molar-refractivity contribution in [3.05, 3.63) is 175 Å². The monoisotopic (exact) mass is 989 g/mol. The second-order valence-electron chi connectivity index (χ2n) is 24.0. The van der Waals surface area contributed by atoms with Gasteiger partial charge in [0.2, 0.25) is 0 Å². The predicted molar refractivity (Wildman–Crippen MR) is 292 cm³/mol. The third-order valence-electron chi connectivity index (χ3n) is 13.8. The van der Waals surface area contributed by atoms with Crippen LogP contribution in [0.3, 0.4) is 0 Å². The summed E-state index contributed by atoms with van der Waals surface area (Å²) in [5.41, 5.74) is 14.6. The summed E-state index contributed by atoms with van der Waals surface area (Å²) in [6.45, 7) is 31.6. The van der Waals surface area contributed by atoms with Gasteiger partial charge >= 0.3 is 0 Å². The Morgan fingerprint density at radius 1 is 0.370 bits per heavy atom. The minimum absolute atomic E-state index is 0.176. The molecule has 0 atom stereocenters. The number of fused-ring (bicyclic) bond motifs is 4. The average molecular weight is 989 g/mol. The van der Waals surface area contributed by atoms with Crippen LogP contribution in [0.15, 0.2) is 97.3 Å². The first-order chi connectivity index (χ1) is 34.7. The summed E-state index contributed by atoms with van der Waals surface area (Å²) in [5, 5.41) is 0. The zero-order chi connectivity index (χ0) is 52.0. The number of rotatable bonds is 6. The number of hydrogen-bond acceptors (Lipinski definition) is 9. The van der Waals surface area contributed by atoms with E-state index in [0.717, 1.165) is 78.9 Å². The molecule has 0 radical (unpaired) electrons. The molecular formula is C64H80N2O7. The van der Waals surface area contributed by atoms with Crippen LogP contribution in [0.1, 0.15) is 161 Å².